The van der Waals surface area contributed by atoms with Gasteiger partial charge in [-0.3, -0.25) is 19.2 Å². The second-order valence-electron chi connectivity index (χ2n) is 11.8. The molecule has 4 atom stereocenters. The molecule has 42 heavy (non-hydrogen) atoms. The molecule has 0 bridgehead atoms. The van der Waals surface area contributed by atoms with Crippen molar-refractivity contribution in [3.8, 4) is 0 Å². The van der Waals surface area contributed by atoms with Gasteiger partial charge in [0.25, 0.3) is 0 Å². The Morgan fingerprint density at radius 2 is 1.55 bits per heavy atom. The predicted octanol–water partition coefficient (Wildman–Crippen LogP) is 3.01. The van der Waals surface area contributed by atoms with Crippen LogP contribution >= 0.6 is 0 Å². The van der Waals surface area contributed by atoms with Gasteiger partial charge in [0, 0.05) is 25.6 Å². The van der Waals surface area contributed by atoms with Crippen molar-refractivity contribution in [2.24, 2.45) is 5.92 Å². The molecule has 2 aromatic rings. The minimum Gasteiger partial charge on any atom is -0.343 e. The summed E-state index contributed by atoms with van der Waals surface area (Å²) in [7, 11) is 1.71. The lowest BCUT2D eigenvalue weighted by molar-refractivity contribution is -0.147. The van der Waals surface area contributed by atoms with Gasteiger partial charge in [0.15, 0.2) is 0 Å². The molecular weight excluding hydrogens is 530 g/mol. The summed E-state index contributed by atoms with van der Waals surface area (Å²) in [6.07, 6.45) is 2.70. The normalized spacial score (nSPS) is 21.5. The van der Waals surface area contributed by atoms with Gasteiger partial charge in [0.2, 0.25) is 23.6 Å². The molecule has 2 saturated heterocycles. The molecule has 2 aliphatic rings. The van der Waals surface area contributed by atoms with E-state index in [1.54, 1.807) is 16.8 Å². The number of amides is 4. The van der Waals surface area contributed by atoms with Gasteiger partial charge in [0.1, 0.15) is 12.1 Å². The summed E-state index contributed by atoms with van der Waals surface area (Å²) in [4.78, 5) is 57.8. The lowest BCUT2D eigenvalue weighted by atomic mass is 9.98. The molecule has 0 aliphatic carbocycles. The predicted molar refractivity (Wildman–Crippen MR) is 162 cm³/mol. The summed E-state index contributed by atoms with van der Waals surface area (Å²) in [5.74, 6) is -0.663. The zero-order chi connectivity index (χ0) is 30.2. The van der Waals surface area contributed by atoms with Crippen LogP contribution in [0.15, 0.2) is 60.7 Å². The second kappa shape index (κ2) is 14.4. The monoisotopic (exact) mass is 575 g/mol. The van der Waals surface area contributed by atoms with Gasteiger partial charge in [0.05, 0.1) is 12.1 Å². The van der Waals surface area contributed by atoms with Crippen molar-refractivity contribution in [3.63, 3.8) is 0 Å². The molecule has 0 radical (unpaired) electrons. The topological polar surface area (TPSA) is 111 Å². The highest BCUT2D eigenvalue weighted by molar-refractivity contribution is 5.94. The largest absolute Gasteiger partial charge is 0.343 e. The van der Waals surface area contributed by atoms with E-state index < -0.39 is 18.1 Å². The van der Waals surface area contributed by atoms with E-state index >= 15 is 0 Å². The summed E-state index contributed by atoms with van der Waals surface area (Å²) >= 11 is 0. The Morgan fingerprint density at radius 3 is 2.10 bits per heavy atom. The first-order chi connectivity index (χ1) is 20.2. The van der Waals surface area contributed by atoms with E-state index in [0.29, 0.717) is 38.6 Å². The van der Waals surface area contributed by atoms with Crippen LogP contribution in [0, 0.1) is 5.92 Å². The zero-order valence-electron chi connectivity index (χ0n) is 25.2. The first-order valence-corrected chi connectivity index (χ1v) is 15.2. The van der Waals surface area contributed by atoms with Crippen molar-refractivity contribution in [2.75, 3.05) is 20.1 Å². The van der Waals surface area contributed by atoms with E-state index in [4.69, 9.17) is 0 Å². The minimum absolute atomic E-state index is 0.0213. The number of likely N-dealkylation sites (N-methyl/N-ethyl adjacent to an activating group) is 1. The van der Waals surface area contributed by atoms with Gasteiger partial charge < -0.3 is 25.8 Å². The lowest BCUT2D eigenvalue weighted by Crippen LogP contribution is -2.62. The first kappa shape index (κ1) is 31.2. The molecule has 3 N–H and O–H groups in total. The maximum atomic E-state index is 14.2. The van der Waals surface area contributed by atoms with Crippen LogP contribution in [-0.2, 0) is 19.2 Å². The van der Waals surface area contributed by atoms with Crippen LogP contribution in [0.5, 0.6) is 0 Å². The average Bonchev–Trinajstić information content (AvgIpc) is 3.41. The molecular formula is C33H45N5O4. The minimum atomic E-state index is -0.939. The summed E-state index contributed by atoms with van der Waals surface area (Å²) in [5, 5.41) is 9.14. The highest BCUT2D eigenvalue weighted by atomic mass is 16.2. The Hall–Kier alpha value is -3.72. The molecule has 2 aliphatic heterocycles. The average molecular weight is 576 g/mol. The molecule has 2 fully saturated rings. The number of hydrogen-bond acceptors (Lipinski definition) is 5. The highest BCUT2D eigenvalue weighted by Crippen LogP contribution is 2.31. The number of rotatable bonds is 10. The molecule has 4 rings (SSSR count). The van der Waals surface area contributed by atoms with E-state index in [9.17, 15) is 19.2 Å². The van der Waals surface area contributed by atoms with E-state index in [0.717, 1.165) is 11.1 Å². The second-order valence-corrected chi connectivity index (χ2v) is 11.8. The molecule has 0 aromatic heterocycles. The van der Waals surface area contributed by atoms with Gasteiger partial charge in [-0.25, -0.2) is 0 Å². The Labute approximate surface area is 249 Å². The summed E-state index contributed by atoms with van der Waals surface area (Å²) in [5.41, 5.74) is 1.90. The highest BCUT2D eigenvalue weighted by Gasteiger charge is 2.46. The molecule has 4 amide bonds. The third kappa shape index (κ3) is 7.37. The molecule has 2 heterocycles. The van der Waals surface area contributed by atoms with Gasteiger partial charge >= 0.3 is 0 Å². The third-order valence-electron chi connectivity index (χ3n) is 8.37. The number of carbonyl (C=O) groups is 4. The van der Waals surface area contributed by atoms with Crippen LogP contribution in [-0.4, -0.2) is 77.7 Å². The molecule has 2 unspecified atom stereocenters. The van der Waals surface area contributed by atoms with Gasteiger partial charge in [-0.2, -0.15) is 0 Å². The fourth-order valence-electron chi connectivity index (χ4n) is 6.13. The van der Waals surface area contributed by atoms with Crippen LogP contribution in [0.3, 0.4) is 0 Å². The van der Waals surface area contributed by atoms with Crippen molar-refractivity contribution >= 4 is 23.6 Å². The fraction of sp³-hybridized carbons (Fsp3) is 0.515. The Bertz CT molecular complexity index is 1180. The van der Waals surface area contributed by atoms with E-state index in [1.807, 2.05) is 81.4 Å². The number of hydrogen-bond donors (Lipinski definition) is 3. The molecule has 9 heteroatoms. The summed E-state index contributed by atoms with van der Waals surface area (Å²) in [6.45, 7) is 6.44. The standard InChI is InChI=1S/C33H45N5O4/c1-5-26(34-4)31(40)35-27-21-37(29(39)20-22(2)3)19-18-25-16-17-28(38(25)33(27)42)32(41)36-30(23-12-8-6-9-13-23)24-14-10-7-11-15-24/h6-15,22,25-28,30,34H,5,16-21H2,1-4H3,(H,35,40)(H,36,41)/t25-,26?,27?,28+/m1/s1. The van der Waals surface area contributed by atoms with E-state index in [1.165, 1.54) is 0 Å². The van der Waals surface area contributed by atoms with Crippen LogP contribution in [0.2, 0.25) is 0 Å². The smallest absolute Gasteiger partial charge is 0.247 e. The first-order valence-electron chi connectivity index (χ1n) is 15.2. The van der Waals surface area contributed by atoms with Crippen molar-refractivity contribution in [3.05, 3.63) is 71.8 Å². The zero-order valence-corrected chi connectivity index (χ0v) is 25.2. The molecule has 9 nitrogen and oxygen atoms in total. The summed E-state index contributed by atoms with van der Waals surface area (Å²) in [6, 6.07) is 17.0. The van der Waals surface area contributed by atoms with Crippen LogP contribution < -0.4 is 16.0 Å². The maximum absolute atomic E-state index is 14.2. The Balaban J connectivity index is 1.60. The molecule has 0 saturated carbocycles. The van der Waals surface area contributed by atoms with E-state index in [-0.39, 0.29) is 48.2 Å². The van der Waals surface area contributed by atoms with Crippen molar-refractivity contribution < 1.29 is 19.2 Å². The Kier molecular flexibility index (Phi) is 10.7. The molecule has 2 aromatic carbocycles. The van der Waals surface area contributed by atoms with Crippen molar-refractivity contribution in [1.82, 2.24) is 25.8 Å². The maximum Gasteiger partial charge on any atom is 0.247 e. The number of nitrogens with zero attached hydrogens (tertiary/aromatic N) is 2. The van der Waals surface area contributed by atoms with Crippen molar-refractivity contribution in [1.29, 1.82) is 0 Å². The number of benzene rings is 2. The SMILES string of the molecule is CCC(NC)C(=O)NC1CN(C(=O)CC(C)C)CC[C@H]2CC[C@@H](C(=O)NC(c3ccccc3)c3ccccc3)N2C1=O. The Morgan fingerprint density at radius 1 is 0.929 bits per heavy atom. The van der Waals surface area contributed by atoms with Gasteiger partial charge in [-0.1, -0.05) is 81.4 Å². The van der Waals surface area contributed by atoms with Crippen molar-refractivity contribution in [2.45, 2.75) is 83.1 Å². The number of nitrogens with one attached hydrogen (secondary N) is 3. The van der Waals surface area contributed by atoms with Crippen LogP contribution in [0.25, 0.3) is 0 Å². The third-order valence-corrected chi connectivity index (χ3v) is 8.37. The fourth-order valence-corrected chi connectivity index (χ4v) is 6.13. The number of fused-ring (bicyclic) bond motifs is 1. The van der Waals surface area contributed by atoms with Gasteiger partial charge in [-0.05, 0) is 49.8 Å². The summed E-state index contributed by atoms with van der Waals surface area (Å²) < 4.78 is 0. The molecule has 226 valence electrons. The van der Waals surface area contributed by atoms with Gasteiger partial charge in [-0.15, -0.1) is 0 Å². The van der Waals surface area contributed by atoms with Crippen LogP contribution in [0.1, 0.15) is 70.0 Å². The molecule has 0 spiro atoms. The lowest BCUT2D eigenvalue weighted by Gasteiger charge is -2.39. The quantitative estimate of drug-likeness (QED) is 0.404. The number of carbonyl (C=O) groups excluding carboxylic acids is 4. The van der Waals surface area contributed by atoms with Crippen LogP contribution in [0.4, 0.5) is 0 Å². The van der Waals surface area contributed by atoms with E-state index in [2.05, 4.69) is 16.0 Å².